The molecule has 3 aromatic rings. The Kier molecular flexibility index (Phi) is 3.36. The molecule has 0 aliphatic carbocycles. The minimum atomic E-state index is 0.557. The van der Waals surface area contributed by atoms with Crippen molar-refractivity contribution in [3.8, 4) is 0 Å². The summed E-state index contributed by atoms with van der Waals surface area (Å²) in [5.41, 5.74) is 9.10. The highest BCUT2D eigenvalue weighted by atomic mass is 79.9. The summed E-state index contributed by atoms with van der Waals surface area (Å²) in [6.45, 7) is 0.557. The van der Waals surface area contributed by atoms with Crippen molar-refractivity contribution < 1.29 is 0 Å². The van der Waals surface area contributed by atoms with Crippen LogP contribution in [0.2, 0.25) is 0 Å². The van der Waals surface area contributed by atoms with Crippen molar-refractivity contribution in [1.29, 1.82) is 0 Å². The summed E-state index contributed by atoms with van der Waals surface area (Å²) < 4.78 is 3.23. The van der Waals surface area contributed by atoms with Crippen LogP contribution in [0.15, 0.2) is 53.3 Å². The minimum absolute atomic E-state index is 0.557. The average Bonchev–Trinajstić information content (AvgIpc) is 2.83. The SMILES string of the molecule is NCc1ccn2c(Cc3ccccc3Br)ncc2c1. The first-order valence-electron chi connectivity index (χ1n) is 6.16. The third-order valence-corrected chi connectivity index (χ3v) is 3.99. The molecule has 19 heavy (non-hydrogen) atoms. The largest absolute Gasteiger partial charge is 0.326 e. The molecule has 2 heterocycles. The highest BCUT2D eigenvalue weighted by Crippen LogP contribution is 2.20. The fourth-order valence-corrected chi connectivity index (χ4v) is 2.60. The van der Waals surface area contributed by atoms with Gasteiger partial charge in [-0.05, 0) is 29.3 Å². The number of nitrogens with zero attached hydrogens (tertiary/aromatic N) is 2. The molecule has 0 saturated carbocycles. The molecule has 4 heteroatoms. The van der Waals surface area contributed by atoms with Crippen LogP contribution in [-0.2, 0) is 13.0 Å². The second-order valence-corrected chi connectivity index (χ2v) is 5.33. The van der Waals surface area contributed by atoms with Crippen molar-refractivity contribution in [1.82, 2.24) is 9.38 Å². The van der Waals surface area contributed by atoms with Crippen molar-refractivity contribution in [3.05, 3.63) is 70.2 Å². The van der Waals surface area contributed by atoms with Gasteiger partial charge in [0.15, 0.2) is 0 Å². The number of imidazole rings is 1. The molecule has 1 aromatic carbocycles. The third kappa shape index (κ3) is 2.41. The molecule has 0 saturated heterocycles. The predicted octanol–water partition coefficient (Wildman–Crippen LogP) is 3.15. The first-order chi connectivity index (χ1) is 9.28. The van der Waals surface area contributed by atoms with Gasteiger partial charge >= 0.3 is 0 Å². The molecule has 0 unspecified atom stereocenters. The van der Waals surface area contributed by atoms with Crippen LogP contribution in [0.1, 0.15) is 17.0 Å². The van der Waals surface area contributed by atoms with Crippen LogP contribution in [0.4, 0.5) is 0 Å². The van der Waals surface area contributed by atoms with E-state index in [0.29, 0.717) is 6.54 Å². The Labute approximate surface area is 120 Å². The standard InChI is InChI=1S/C15H14BrN3/c16-14-4-2-1-3-12(14)8-15-18-10-13-7-11(9-17)5-6-19(13)15/h1-7,10H,8-9,17H2. The molecule has 0 aliphatic heterocycles. The van der Waals surface area contributed by atoms with E-state index in [1.807, 2.05) is 30.6 Å². The Balaban J connectivity index is 2.00. The zero-order chi connectivity index (χ0) is 13.2. The highest BCUT2D eigenvalue weighted by molar-refractivity contribution is 9.10. The average molecular weight is 316 g/mol. The predicted molar refractivity (Wildman–Crippen MR) is 80.0 cm³/mol. The molecule has 0 fully saturated rings. The van der Waals surface area contributed by atoms with Crippen LogP contribution in [0, 0.1) is 0 Å². The van der Waals surface area contributed by atoms with Gasteiger partial charge in [-0.25, -0.2) is 4.98 Å². The Morgan fingerprint density at radius 3 is 2.84 bits per heavy atom. The van der Waals surface area contributed by atoms with Crippen LogP contribution in [0.25, 0.3) is 5.52 Å². The van der Waals surface area contributed by atoms with Crippen molar-refractivity contribution >= 4 is 21.4 Å². The van der Waals surface area contributed by atoms with Crippen molar-refractivity contribution in [2.24, 2.45) is 5.73 Å². The summed E-state index contributed by atoms with van der Waals surface area (Å²) in [4.78, 5) is 4.51. The van der Waals surface area contributed by atoms with E-state index in [2.05, 4.69) is 43.5 Å². The van der Waals surface area contributed by atoms with Gasteiger partial charge in [0, 0.05) is 23.6 Å². The lowest BCUT2D eigenvalue weighted by molar-refractivity contribution is 0.950. The monoisotopic (exact) mass is 315 g/mol. The maximum absolute atomic E-state index is 5.66. The molecule has 0 amide bonds. The lowest BCUT2D eigenvalue weighted by Crippen LogP contribution is -2.00. The number of hydrogen-bond acceptors (Lipinski definition) is 2. The van der Waals surface area contributed by atoms with E-state index >= 15 is 0 Å². The molecule has 2 N–H and O–H groups in total. The van der Waals surface area contributed by atoms with Crippen LogP contribution in [0.5, 0.6) is 0 Å². The van der Waals surface area contributed by atoms with Crippen LogP contribution < -0.4 is 5.73 Å². The molecule has 0 aliphatic rings. The maximum atomic E-state index is 5.66. The molecule has 3 rings (SSSR count). The molecular formula is C15H14BrN3. The van der Waals surface area contributed by atoms with E-state index in [4.69, 9.17) is 5.73 Å². The van der Waals surface area contributed by atoms with Gasteiger partial charge in [-0.2, -0.15) is 0 Å². The molecule has 3 nitrogen and oxygen atoms in total. The van der Waals surface area contributed by atoms with Gasteiger partial charge < -0.3 is 10.1 Å². The van der Waals surface area contributed by atoms with Crippen LogP contribution in [0.3, 0.4) is 0 Å². The highest BCUT2D eigenvalue weighted by Gasteiger charge is 2.07. The second kappa shape index (κ2) is 5.15. The summed E-state index contributed by atoms with van der Waals surface area (Å²) >= 11 is 3.58. The summed E-state index contributed by atoms with van der Waals surface area (Å²) in [5, 5.41) is 0. The van der Waals surface area contributed by atoms with E-state index in [1.165, 1.54) is 5.56 Å². The summed E-state index contributed by atoms with van der Waals surface area (Å²) in [6, 6.07) is 12.3. The molecule has 0 spiro atoms. The Morgan fingerprint density at radius 2 is 2.05 bits per heavy atom. The van der Waals surface area contributed by atoms with Crippen molar-refractivity contribution in [2.75, 3.05) is 0 Å². The van der Waals surface area contributed by atoms with Crippen LogP contribution in [-0.4, -0.2) is 9.38 Å². The topological polar surface area (TPSA) is 43.3 Å². The van der Waals surface area contributed by atoms with Crippen molar-refractivity contribution in [3.63, 3.8) is 0 Å². The van der Waals surface area contributed by atoms with E-state index in [0.717, 1.165) is 27.8 Å². The number of aromatic nitrogens is 2. The third-order valence-electron chi connectivity index (χ3n) is 3.22. The molecule has 0 bridgehead atoms. The van der Waals surface area contributed by atoms with Gasteiger partial charge in [-0.3, -0.25) is 0 Å². The molecule has 96 valence electrons. The Hall–Kier alpha value is -1.65. The lowest BCUT2D eigenvalue weighted by atomic mass is 10.1. The van der Waals surface area contributed by atoms with Gasteiger partial charge in [-0.15, -0.1) is 0 Å². The van der Waals surface area contributed by atoms with E-state index in [-0.39, 0.29) is 0 Å². The first kappa shape index (κ1) is 12.4. The molecule has 2 aromatic heterocycles. The maximum Gasteiger partial charge on any atom is 0.117 e. The minimum Gasteiger partial charge on any atom is -0.326 e. The normalized spacial score (nSPS) is 11.1. The van der Waals surface area contributed by atoms with E-state index in [9.17, 15) is 0 Å². The fourth-order valence-electron chi connectivity index (χ4n) is 2.17. The van der Waals surface area contributed by atoms with E-state index in [1.54, 1.807) is 0 Å². The number of halogens is 1. The number of hydrogen-bond donors (Lipinski definition) is 1. The zero-order valence-electron chi connectivity index (χ0n) is 10.4. The summed E-state index contributed by atoms with van der Waals surface area (Å²) in [5.74, 6) is 1.03. The second-order valence-electron chi connectivity index (χ2n) is 4.48. The van der Waals surface area contributed by atoms with Gasteiger partial charge in [0.25, 0.3) is 0 Å². The van der Waals surface area contributed by atoms with Gasteiger partial charge in [0.2, 0.25) is 0 Å². The number of benzene rings is 1. The van der Waals surface area contributed by atoms with Crippen LogP contribution >= 0.6 is 15.9 Å². The zero-order valence-corrected chi connectivity index (χ0v) is 12.0. The van der Waals surface area contributed by atoms with Gasteiger partial charge in [0.05, 0.1) is 11.7 Å². The number of nitrogens with two attached hydrogens (primary N) is 1. The van der Waals surface area contributed by atoms with E-state index < -0.39 is 0 Å². The number of pyridine rings is 1. The smallest absolute Gasteiger partial charge is 0.117 e. The summed E-state index contributed by atoms with van der Waals surface area (Å²) in [6.07, 6.45) is 4.74. The fraction of sp³-hybridized carbons (Fsp3) is 0.133. The first-order valence-corrected chi connectivity index (χ1v) is 6.95. The van der Waals surface area contributed by atoms with Crippen molar-refractivity contribution in [2.45, 2.75) is 13.0 Å². The quantitative estimate of drug-likeness (QED) is 0.807. The molecule has 0 radical (unpaired) electrons. The summed E-state index contributed by atoms with van der Waals surface area (Å²) in [7, 11) is 0. The Bertz CT molecular complexity index is 718. The van der Waals surface area contributed by atoms with Gasteiger partial charge in [-0.1, -0.05) is 34.1 Å². The number of fused-ring (bicyclic) bond motifs is 1. The van der Waals surface area contributed by atoms with Gasteiger partial charge in [0.1, 0.15) is 5.82 Å². The Morgan fingerprint density at radius 1 is 1.21 bits per heavy atom. The number of rotatable bonds is 3. The lowest BCUT2D eigenvalue weighted by Gasteiger charge is -2.05. The molecule has 0 atom stereocenters. The molecular weight excluding hydrogens is 302 g/mol.